The summed E-state index contributed by atoms with van der Waals surface area (Å²) in [4.78, 5) is 0. The summed E-state index contributed by atoms with van der Waals surface area (Å²) >= 11 is 0. The zero-order chi connectivity index (χ0) is 19.4. The van der Waals surface area contributed by atoms with Crippen LogP contribution in [-0.4, -0.2) is 11.2 Å². The molecule has 1 nitrogen and oxygen atoms in total. The number of aliphatic hydroxyl groups is 1. The maximum Gasteiger partial charge on any atom is 0.0543 e. The van der Waals surface area contributed by atoms with Crippen LogP contribution >= 0.6 is 0 Å². The van der Waals surface area contributed by atoms with Crippen molar-refractivity contribution < 1.29 is 5.11 Å². The summed E-state index contributed by atoms with van der Waals surface area (Å²) in [5.74, 6) is 3.79. The summed E-state index contributed by atoms with van der Waals surface area (Å²) in [6, 6.07) is 0. The van der Waals surface area contributed by atoms with Gasteiger partial charge < -0.3 is 5.11 Å². The molecule has 0 unspecified atom stereocenters. The van der Waals surface area contributed by atoms with Gasteiger partial charge in [0.15, 0.2) is 0 Å². The molecule has 2 saturated carbocycles. The molecular weight excluding hydrogens is 328 g/mol. The number of rotatable bonds is 3. The van der Waals surface area contributed by atoms with Crippen molar-refractivity contribution in [3.63, 3.8) is 0 Å². The zero-order valence-electron chi connectivity index (χ0n) is 18.4. The van der Waals surface area contributed by atoms with Gasteiger partial charge in [0.2, 0.25) is 0 Å². The third-order valence-corrected chi connectivity index (χ3v) is 9.47. The van der Waals surface area contributed by atoms with Gasteiger partial charge in [0.25, 0.3) is 0 Å². The highest BCUT2D eigenvalue weighted by Gasteiger charge is 2.55. The number of hydrogen-bond acceptors (Lipinski definition) is 1. The van der Waals surface area contributed by atoms with E-state index in [1.807, 2.05) is 11.1 Å². The molecule has 4 aliphatic carbocycles. The van der Waals surface area contributed by atoms with Crippen LogP contribution in [0.5, 0.6) is 0 Å². The molecule has 27 heavy (non-hydrogen) atoms. The molecule has 0 spiro atoms. The van der Waals surface area contributed by atoms with Crippen molar-refractivity contribution in [3.05, 3.63) is 23.3 Å². The fourth-order valence-corrected chi connectivity index (χ4v) is 7.87. The zero-order valence-corrected chi connectivity index (χ0v) is 18.4. The molecular formula is C26H42O. The van der Waals surface area contributed by atoms with E-state index in [-0.39, 0.29) is 6.10 Å². The van der Waals surface area contributed by atoms with Gasteiger partial charge in [0, 0.05) is 0 Å². The van der Waals surface area contributed by atoms with Crippen molar-refractivity contribution in [3.8, 4) is 0 Å². The third kappa shape index (κ3) is 3.17. The Bertz CT molecular complexity index is 628. The van der Waals surface area contributed by atoms with E-state index in [4.69, 9.17) is 0 Å². The van der Waals surface area contributed by atoms with Crippen molar-refractivity contribution in [2.45, 2.75) is 98.5 Å². The van der Waals surface area contributed by atoms with Crippen LogP contribution in [0, 0.1) is 40.4 Å². The van der Waals surface area contributed by atoms with E-state index in [1.54, 1.807) is 0 Å². The molecule has 4 aliphatic rings. The number of fused-ring (bicyclic) bond motifs is 4. The molecule has 0 heterocycles. The van der Waals surface area contributed by atoms with Crippen molar-refractivity contribution >= 4 is 0 Å². The van der Waals surface area contributed by atoms with Gasteiger partial charge in [-0.15, -0.1) is 0 Å². The van der Waals surface area contributed by atoms with Gasteiger partial charge in [-0.3, -0.25) is 0 Å². The first-order chi connectivity index (χ1) is 12.8. The van der Waals surface area contributed by atoms with Crippen LogP contribution in [0.15, 0.2) is 23.3 Å². The highest BCUT2D eigenvalue weighted by atomic mass is 16.3. The first kappa shape index (κ1) is 19.7. The van der Waals surface area contributed by atoms with Crippen LogP contribution in [0.1, 0.15) is 92.4 Å². The standard InChI is InChI=1S/C26H42O/c1-17(2)6-7-18(3)22-10-11-23-21-9-8-19-16-20(27)12-14-25(19,4)24(21)13-15-26(22,23)5/h6-7,17-20,22-23,27H,8-16H2,1-5H3/b7-6+/t18-,19+,20+,22-,23+,25+,26-/m1/s1. The molecule has 0 aliphatic heterocycles. The lowest BCUT2D eigenvalue weighted by Gasteiger charge is -2.55. The molecule has 0 bridgehead atoms. The van der Waals surface area contributed by atoms with Crippen molar-refractivity contribution in [2.24, 2.45) is 40.4 Å². The first-order valence-corrected chi connectivity index (χ1v) is 11.8. The Morgan fingerprint density at radius 3 is 2.48 bits per heavy atom. The summed E-state index contributed by atoms with van der Waals surface area (Å²) in [7, 11) is 0. The summed E-state index contributed by atoms with van der Waals surface area (Å²) in [5.41, 5.74) is 4.66. The van der Waals surface area contributed by atoms with E-state index < -0.39 is 0 Å². The van der Waals surface area contributed by atoms with Crippen molar-refractivity contribution in [1.82, 2.24) is 0 Å². The summed E-state index contributed by atoms with van der Waals surface area (Å²) in [6.45, 7) is 12.3. The molecule has 4 rings (SSSR count). The largest absolute Gasteiger partial charge is 0.393 e. The summed E-state index contributed by atoms with van der Waals surface area (Å²) in [5, 5.41) is 10.2. The molecule has 1 heteroatoms. The average Bonchev–Trinajstić information content (AvgIpc) is 2.97. The lowest BCUT2D eigenvalue weighted by atomic mass is 9.50. The highest BCUT2D eigenvalue weighted by Crippen LogP contribution is 2.65. The van der Waals surface area contributed by atoms with Crippen LogP contribution in [0.25, 0.3) is 0 Å². The van der Waals surface area contributed by atoms with Gasteiger partial charge in [-0.1, -0.05) is 57.9 Å². The quantitative estimate of drug-likeness (QED) is 0.535. The number of aliphatic hydroxyl groups excluding tert-OH is 1. The lowest BCUT2D eigenvalue weighted by molar-refractivity contribution is 0.0145. The average molecular weight is 371 g/mol. The Morgan fingerprint density at radius 2 is 1.74 bits per heavy atom. The smallest absolute Gasteiger partial charge is 0.0543 e. The highest BCUT2D eigenvalue weighted by molar-refractivity contribution is 5.34. The maximum absolute atomic E-state index is 10.2. The molecule has 2 fully saturated rings. The van der Waals surface area contributed by atoms with E-state index in [0.717, 1.165) is 30.6 Å². The second-order valence-electron chi connectivity index (χ2n) is 11.3. The molecule has 0 radical (unpaired) electrons. The molecule has 152 valence electrons. The fraction of sp³-hybridized carbons (Fsp3) is 0.846. The van der Waals surface area contributed by atoms with Crippen LogP contribution in [0.2, 0.25) is 0 Å². The summed E-state index contributed by atoms with van der Waals surface area (Å²) < 4.78 is 0. The molecule has 0 saturated heterocycles. The monoisotopic (exact) mass is 370 g/mol. The molecule has 0 amide bonds. The Hall–Kier alpha value is -0.560. The van der Waals surface area contributed by atoms with E-state index in [1.165, 1.54) is 44.9 Å². The van der Waals surface area contributed by atoms with Crippen molar-refractivity contribution in [2.75, 3.05) is 0 Å². The topological polar surface area (TPSA) is 20.2 Å². The molecule has 0 aromatic rings. The van der Waals surface area contributed by atoms with Gasteiger partial charge >= 0.3 is 0 Å². The van der Waals surface area contributed by atoms with Gasteiger partial charge in [-0.25, -0.2) is 0 Å². The van der Waals surface area contributed by atoms with E-state index in [0.29, 0.717) is 22.7 Å². The van der Waals surface area contributed by atoms with Crippen LogP contribution in [0.3, 0.4) is 0 Å². The third-order valence-electron chi connectivity index (χ3n) is 9.47. The van der Waals surface area contributed by atoms with E-state index >= 15 is 0 Å². The van der Waals surface area contributed by atoms with Crippen LogP contribution in [-0.2, 0) is 0 Å². The normalized spacial score (nSPS) is 45.7. The SMILES string of the molecule is CC(C)/C=C/[C@@H](C)[C@H]1CC[C@H]2C3=C(CC[C@]12C)[C@@]1(C)CC[C@H](O)C[C@@H]1CC3. The second-order valence-corrected chi connectivity index (χ2v) is 11.3. The molecule has 0 aromatic heterocycles. The van der Waals surface area contributed by atoms with Gasteiger partial charge in [-0.05, 0) is 98.2 Å². The van der Waals surface area contributed by atoms with Gasteiger partial charge in [0.1, 0.15) is 0 Å². The first-order valence-electron chi connectivity index (χ1n) is 11.8. The van der Waals surface area contributed by atoms with Gasteiger partial charge in [0.05, 0.1) is 6.10 Å². The van der Waals surface area contributed by atoms with E-state index in [9.17, 15) is 5.11 Å². The fourth-order valence-electron chi connectivity index (χ4n) is 7.87. The predicted molar refractivity (Wildman–Crippen MR) is 114 cm³/mol. The van der Waals surface area contributed by atoms with Crippen LogP contribution < -0.4 is 0 Å². The Balaban J connectivity index is 1.61. The Morgan fingerprint density at radius 1 is 0.963 bits per heavy atom. The van der Waals surface area contributed by atoms with Crippen molar-refractivity contribution in [1.29, 1.82) is 0 Å². The van der Waals surface area contributed by atoms with Gasteiger partial charge in [-0.2, -0.15) is 0 Å². The predicted octanol–water partition coefficient (Wildman–Crippen LogP) is 6.92. The Kier molecular flexibility index (Phi) is 5.15. The number of hydrogen-bond donors (Lipinski definition) is 1. The number of allylic oxidation sites excluding steroid dienone is 4. The van der Waals surface area contributed by atoms with E-state index in [2.05, 4.69) is 46.8 Å². The minimum Gasteiger partial charge on any atom is -0.393 e. The molecule has 1 N–H and O–H groups in total. The minimum atomic E-state index is -0.0384. The minimum absolute atomic E-state index is 0.0384. The second kappa shape index (κ2) is 7.05. The van der Waals surface area contributed by atoms with Crippen LogP contribution in [0.4, 0.5) is 0 Å². The lowest BCUT2D eigenvalue weighted by Crippen LogP contribution is -2.45. The molecule has 7 atom stereocenters. The molecule has 0 aromatic carbocycles. The maximum atomic E-state index is 10.2. The summed E-state index contributed by atoms with van der Waals surface area (Å²) in [6.07, 6.45) is 16.4. The Labute approximate surface area is 167 Å².